The van der Waals surface area contributed by atoms with Gasteiger partial charge in [-0.15, -0.1) is 0 Å². The standard InChI is InChI=1S/C11H18O5/c1-7(5-10(13)14)3-9(12)4-8(2)6-11(15)16/h7-8H,3-6H2,1-2H3,(H,13,14)(H,15,16). The van der Waals surface area contributed by atoms with E-state index in [-0.39, 0.29) is 43.3 Å². The lowest BCUT2D eigenvalue weighted by Crippen LogP contribution is -2.14. The molecule has 0 saturated carbocycles. The molecule has 0 aromatic rings. The molecule has 0 aliphatic heterocycles. The van der Waals surface area contributed by atoms with Crippen LogP contribution in [0.25, 0.3) is 0 Å². The van der Waals surface area contributed by atoms with E-state index in [1.807, 2.05) is 0 Å². The fourth-order valence-corrected chi connectivity index (χ4v) is 1.60. The van der Waals surface area contributed by atoms with Crippen LogP contribution in [0.15, 0.2) is 0 Å². The first kappa shape index (κ1) is 14.6. The molecular weight excluding hydrogens is 212 g/mol. The molecule has 0 aromatic carbocycles. The lowest BCUT2D eigenvalue weighted by atomic mass is 9.94. The Hall–Kier alpha value is -1.39. The van der Waals surface area contributed by atoms with Gasteiger partial charge in [0.05, 0.1) is 0 Å². The first-order valence-electron chi connectivity index (χ1n) is 5.26. The van der Waals surface area contributed by atoms with Crippen molar-refractivity contribution in [2.45, 2.75) is 39.5 Å². The number of aliphatic carboxylic acids is 2. The van der Waals surface area contributed by atoms with Crippen molar-refractivity contribution in [3.8, 4) is 0 Å². The Balaban J connectivity index is 3.89. The predicted octanol–water partition coefficient (Wildman–Crippen LogP) is 1.56. The van der Waals surface area contributed by atoms with Gasteiger partial charge in [0.25, 0.3) is 0 Å². The Morgan fingerprint density at radius 2 is 1.12 bits per heavy atom. The number of hydrogen-bond donors (Lipinski definition) is 2. The van der Waals surface area contributed by atoms with Crippen LogP contribution >= 0.6 is 0 Å². The molecule has 5 heteroatoms. The second-order valence-electron chi connectivity index (χ2n) is 4.35. The summed E-state index contributed by atoms with van der Waals surface area (Å²) in [5, 5.41) is 17.0. The number of carboxylic acids is 2. The van der Waals surface area contributed by atoms with Crippen LogP contribution in [0.2, 0.25) is 0 Å². The third kappa shape index (κ3) is 7.96. The molecule has 0 bridgehead atoms. The first-order chi connectivity index (χ1) is 7.31. The lowest BCUT2D eigenvalue weighted by Gasteiger charge is -2.10. The summed E-state index contributed by atoms with van der Waals surface area (Å²) in [6.07, 6.45) is 0.352. The summed E-state index contributed by atoms with van der Waals surface area (Å²) in [5.41, 5.74) is 0. The molecule has 16 heavy (non-hydrogen) atoms. The third-order valence-corrected chi connectivity index (χ3v) is 2.20. The summed E-state index contributed by atoms with van der Waals surface area (Å²) < 4.78 is 0. The van der Waals surface area contributed by atoms with Crippen molar-refractivity contribution in [1.29, 1.82) is 0 Å². The van der Waals surface area contributed by atoms with Crippen LogP contribution in [0.3, 0.4) is 0 Å². The summed E-state index contributed by atoms with van der Waals surface area (Å²) in [7, 11) is 0. The average Bonchev–Trinajstić information content (AvgIpc) is 1.97. The van der Waals surface area contributed by atoms with Crippen molar-refractivity contribution in [1.82, 2.24) is 0 Å². The van der Waals surface area contributed by atoms with Crippen molar-refractivity contribution in [2.75, 3.05) is 0 Å². The minimum atomic E-state index is -0.918. The highest BCUT2D eigenvalue weighted by Gasteiger charge is 2.16. The molecule has 92 valence electrons. The zero-order valence-corrected chi connectivity index (χ0v) is 9.60. The summed E-state index contributed by atoms with van der Waals surface area (Å²) in [4.78, 5) is 32.2. The van der Waals surface area contributed by atoms with E-state index in [2.05, 4.69) is 0 Å². The van der Waals surface area contributed by atoms with Crippen LogP contribution in [0, 0.1) is 11.8 Å². The molecule has 2 N–H and O–H groups in total. The van der Waals surface area contributed by atoms with Gasteiger partial charge < -0.3 is 10.2 Å². The van der Waals surface area contributed by atoms with E-state index in [0.717, 1.165) is 0 Å². The van der Waals surface area contributed by atoms with Gasteiger partial charge in [-0.05, 0) is 11.8 Å². The molecule has 0 aromatic heterocycles. The Morgan fingerprint density at radius 1 is 0.812 bits per heavy atom. The minimum Gasteiger partial charge on any atom is -0.481 e. The van der Waals surface area contributed by atoms with E-state index in [9.17, 15) is 14.4 Å². The quantitative estimate of drug-likeness (QED) is 0.660. The molecule has 0 fully saturated rings. The Labute approximate surface area is 94.5 Å². The Bertz CT molecular complexity index is 246. The van der Waals surface area contributed by atoms with Gasteiger partial charge >= 0.3 is 11.9 Å². The number of ketones is 1. The molecule has 0 aliphatic rings. The summed E-state index contributed by atoms with van der Waals surface area (Å²) >= 11 is 0. The lowest BCUT2D eigenvalue weighted by molar-refractivity contribution is -0.138. The van der Waals surface area contributed by atoms with E-state index in [1.165, 1.54) is 0 Å². The molecule has 0 aliphatic carbocycles. The van der Waals surface area contributed by atoms with E-state index in [4.69, 9.17) is 10.2 Å². The maximum absolute atomic E-state index is 11.4. The molecule has 0 spiro atoms. The van der Waals surface area contributed by atoms with Crippen molar-refractivity contribution in [3.63, 3.8) is 0 Å². The van der Waals surface area contributed by atoms with E-state index in [0.29, 0.717) is 0 Å². The van der Waals surface area contributed by atoms with Crippen LogP contribution in [0.1, 0.15) is 39.5 Å². The predicted molar refractivity (Wildman–Crippen MR) is 57.1 cm³/mol. The summed E-state index contributed by atoms with van der Waals surface area (Å²) in [5.74, 6) is -2.29. The topological polar surface area (TPSA) is 91.7 Å². The average molecular weight is 230 g/mol. The molecule has 0 heterocycles. The zero-order chi connectivity index (χ0) is 12.7. The highest BCUT2D eigenvalue weighted by molar-refractivity contribution is 5.80. The van der Waals surface area contributed by atoms with Crippen molar-refractivity contribution < 1.29 is 24.6 Å². The van der Waals surface area contributed by atoms with Gasteiger partial charge in [0.15, 0.2) is 0 Å². The fraction of sp³-hybridized carbons (Fsp3) is 0.727. The molecule has 2 unspecified atom stereocenters. The summed E-state index contributed by atoms with van der Waals surface area (Å²) in [6, 6.07) is 0. The highest BCUT2D eigenvalue weighted by atomic mass is 16.4. The smallest absolute Gasteiger partial charge is 0.303 e. The second kappa shape index (κ2) is 6.98. The molecule has 2 atom stereocenters. The van der Waals surface area contributed by atoms with Gasteiger partial charge in [-0.3, -0.25) is 14.4 Å². The van der Waals surface area contributed by atoms with E-state index in [1.54, 1.807) is 13.8 Å². The number of carbonyl (C=O) groups excluding carboxylic acids is 1. The molecule has 0 rings (SSSR count). The number of hydrogen-bond acceptors (Lipinski definition) is 3. The van der Waals surface area contributed by atoms with Gasteiger partial charge in [0.2, 0.25) is 0 Å². The van der Waals surface area contributed by atoms with Gasteiger partial charge in [-0.25, -0.2) is 0 Å². The third-order valence-electron chi connectivity index (χ3n) is 2.20. The zero-order valence-electron chi connectivity index (χ0n) is 9.60. The van der Waals surface area contributed by atoms with Gasteiger partial charge in [0.1, 0.15) is 5.78 Å². The van der Waals surface area contributed by atoms with E-state index < -0.39 is 11.9 Å². The van der Waals surface area contributed by atoms with Crippen LogP contribution in [0.5, 0.6) is 0 Å². The molecule has 5 nitrogen and oxygen atoms in total. The maximum Gasteiger partial charge on any atom is 0.303 e. The van der Waals surface area contributed by atoms with Gasteiger partial charge in [-0.1, -0.05) is 13.8 Å². The maximum atomic E-state index is 11.4. The van der Waals surface area contributed by atoms with Crippen LogP contribution in [0.4, 0.5) is 0 Å². The van der Waals surface area contributed by atoms with E-state index >= 15 is 0 Å². The van der Waals surface area contributed by atoms with Gasteiger partial charge in [0, 0.05) is 25.7 Å². The van der Waals surface area contributed by atoms with Crippen molar-refractivity contribution in [3.05, 3.63) is 0 Å². The van der Waals surface area contributed by atoms with Crippen LogP contribution in [-0.4, -0.2) is 27.9 Å². The van der Waals surface area contributed by atoms with Crippen molar-refractivity contribution in [2.24, 2.45) is 11.8 Å². The first-order valence-corrected chi connectivity index (χ1v) is 5.26. The van der Waals surface area contributed by atoms with Crippen LogP contribution in [-0.2, 0) is 14.4 Å². The fourth-order valence-electron chi connectivity index (χ4n) is 1.60. The molecular formula is C11H18O5. The number of carboxylic acid groups (broad SMARTS) is 2. The highest BCUT2D eigenvalue weighted by Crippen LogP contribution is 2.14. The Morgan fingerprint density at radius 3 is 1.38 bits per heavy atom. The number of carbonyl (C=O) groups is 3. The number of Topliss-reactive ketones (excluding diaryl/α,β-unsaturated/α-hetero) is 1. The SMILES string of the molecule is CC(CC(=O)O)CC(=O)CC(C)CC(=O)O. The normalized spacial score (nSPS) is 14.1. The molecule has 0 amide bonds. The van der Waals surface area contributed by atoms with Crippen LogP contribution < -0.4 is 0 Å². The largest absolute Gasteiger partial charge is 0.481 e. The minimum absolute atomic E-state index is 0.0287. The second-order valence-corrected chi connectivity index (χ2v) is 4.35. The molecule has 0 radical (unpaired) electrons. The monoisotopic (exact) mass is 230 g/mol. The number of rotatable bonds is 8. The Kier molecular flexibility index (Phi) is 6.37. The van der Waals surface area contributed by atoms with Gasteiger partial charge in [-0.2, -0.15) is 0 Å². The molecule has 0 saturated heterocycles. The summed E-state index contributed by atoms with van der Waals surface area (Å²) in [6.45, 7) is 3.40. The van der Waals surface area contributed by atoms with Crippen molar-refractivity contribution >= 4 is 17.7 Å².